The maximum Gasteiger partial charge on any atom is 0.128 e. The van der Waals surface area contributed by atoms with Crippen LogP contribution in [-0.2, 0) is 4.74 Å². The van der Waals surface area contributed by atoms with Crippen LogP contribution in [0.15, 0.2) is 12.3 Å². The van der Waals surface area contributed by atoms with Gasteiger partial charge in [-0.05, 0) is 31.4 Å². The first-order valence-electron chi connectivity index (χ1n) is 6.31. The Bertz CT molecular complexity index is 361. The number of ether oxygens (including phenoxy) is 1. The van der Waals surface area contributed by atoms with Crippen LogP contribution in [0.3, 0.4) is 0 Å². The number of nitrogens with two attached hydrogens (primary N) is 2. The number of nitrogen functional groups attached to an aromatic ring is 1. The predicted octanol–water partition coefficient (Wildman–Crippen LogP) is 1.54. The second kappa shape index (κ2) is 6.68. The Labute approximate surface area is 109 Å². The normalized spacial score (nSPS) is 14.8. The van der Waals surface area contributed by atoms with Gasteiger partial charge in [0.15, 0.2) is 0 Å². The van der Waals surface area contributed by atoms with E-state index in [1.54, 1.807) is 6.20 Å². The monoisotopic (exact) mass is 252 g/mol. The van der Waals surface area contributed by atoms with Crippen molar-refractivity contribution in [2.75, 3.05) is 12.3 Å². The Morgan fingerprint density at radius 3 is 2.56 bits per heavy atom. The fourth-order valence-corrected chi connectivity index (χ4v) is 2.20. The summed E-state index contributed by atoms with van der Waals surface area (Å²) in [6.45, 7) is 8.82. The minimum absolute atomic E-state index is 0.0369. The standard InChI is InChI=1S/C13H24N4O/c1-5-18-12(8(2)3)11(17-15)10-9(4)6-7-16-13(10)14/h6-8,11-12,17H,5,15H2,1-4H3,(H2,14,16). The fraction of sp³-hybridized carbons (Fsp3) is 0.615. The van der Waals surface area contributed by atoms with Gasteiger partial charge in [0.2, 0.25) is 0 Å². The van der Waals surface area contributed by atoms with Crippen LogP contribution in [0.5, 0.6) is 0 Å². The first-order valence-corrected chi connectivity index (χ1v) is 6.31. The van der Waals surface area contributed by atoms with E-state index in [0.717, 1.165) is 11.1 Å². The molecule has 0 aromatic carbocycles. The van der Waals surface area contributed by atoms with E-state index in [-0.39, 0.29) is 12.1 Å². The molecule has 0 fully saturated rings. The van der Waals surface area contributed by atoms with Crippen molar-refractivity contribution in [3.8, 4) is 0 Å². The lowest BCUT2D eigenvalue weighted by molar-refractivity contribution is 0.00273. The van der Waals surface area contributed by atoms with E-state index in [9.17, 15) is 0 Å². The van der Waals surface area contributed by atoms with Crippen LogP contribution >= 0.6 is 0 Å². The van der Waals surface area contributed by atoms with Gasteiger partial charge in [-0.3, -0.25) is 11.3 Å². The van der Waals surface area contributed by atoms with Gasteiger partial charge in [0.1, 0.15) is 5.82 Å². The van der Waals surface area contributed by atoms with E-state index < -0.39 is 0 Å². The molecule has 0 spiro atoms. The van der Waals surface area contributed by atoms with Crippen molar-refractivity contribution in [2.45, 2.75) is 39.8 Å². The van der Waals surface area contributed by atoms with Gasteiger partial charge in [-0.2, -0.15) is 0 Å². The van der Waals surface area contributed by atoms with Crippen LogP contribution < -0.4 is 17.0 Å². The number of rotatable bonds is 6. The molecule has 5 nitrogen and oxygen atoms in total. The Kier molecular flexibility index (Phi) is 5.53. The molecule has 0 aliphatic carbocycles. The molecule has 0 saturated carbocycles. The van der Waals surface area contributed by atoms with Gasteiger partial charge in [-0.15, -0.1) is 0 Å². The van der Waals surface area contributed by atoms with Crippen LogP contribution in [0.25, 0.3) is 0 Å². The van der Waals surface area contributed by atoms with Crippen molar-refractivity contribution in [3.63, 3.8) is 0 Å². The first-order chi connectivity index (χ1) is 8.52. The van der Waals surface area contributed by atoms with E-state index >= 15 is 0 Å². The molecule has 1 heterocycles. The minimum Gasteiger partial charge on any atom is -0.383 e. The molecule has 102 valence electrons. The number of hydrogen-bond donors (Lipinski definition) is 3. The van der Waals surface area contributed by atoms with Crippen molar-refractivity contribution in [1.82, 2.24) is 10.4 Å². The second-order valence-corrected chi connectivity index (χ2v) is 4.74. The number of nitrogens with one attached hydrogen (secondary N) is 1. The molecule has 18 heavy (non-hydrogen) atoms. The van der Waals surface area contributed by atoms with Crippen molar-refractivity contribution < 1.29 is 4.74 Å². The summed E-state index contributed by atoms with van der Waals surface area (Å²) in [4.78, 5) is 4.14. The van der Waals surface area contributed by atoms with E-state index in [4.69, 9.17) is 16.3 Å². The molecule has 5 heteroatoms. The van der Waals surface area contributed by atoms with Gasteiger partial charge in [-0.25, -0.2) is 4.98 Å². The molecular weight excluding hydrogens is 228 g/mol. The molecule has 1 aromatic heterocycles. The van der Waals surface area contributed by atoms with Gasteiger partial charge in [0.25, 0.3) is 0 Å². The maximum absolute atomic E-state index is 5.97. The van der Waals surface area contributed by atoms with E-state index in [1.807, 2.05) is 19.9 Å². The van der Waals surface area contributed by atoms with Crippen molar-refractivity contribution in [1.29, 1.82) is 0 Å². The number of aromatic nitrogens is 1. The molecule has 0 amide bonds. The topological polar surface area (TPSA) is 86.2 Å². The molecule has 0 aliphatic rings. The van der Waals surface area contributed by atoms with Crippen LogP contribution in [0.4, 0.5) is 5.82 Å². The third-order valence-corrected chi connectivity index (χ3v) is 3.07. The van der Waals surface area contributed by atoms with Gasteiger partial charge >= 0.3 is 0 Å². The number of hydrazine groups is 1. The summed E-state index contributed by atoms with van der Waals surface area (Å²) in [6.07, 6.45) is 1.66. The Morgan fingerprint density at radius 2 is 2.11 bits per heavy atom. The highest BCUT2D eigenvalue weighted by molar-refractivity contribution is 5.46. The lowest BCUT2D eigenvalue weighted by Gasteiger charge is -2.31. The third kappa shape index (κ3) is 3.19. The average molecular weight is 252 g/mol. The van der Waals surface area contributed by atoms with Gasteiger partial charge < -0.3 is 10.5 Å². The minimum atomic E-state index is -0.154. The number of pyridine rings is 1. The molecule has 2 atom stereocenters. The molecule has 1 rings (SSSR count). The zero-order chi connectivity index (χ0) is 13.7. The predicted molar refractivity (Wildman–Crippen MR) is 73.7 cm³/mol. The highest BCUT2D eigenvalue weighted by Crippen LogP contribution is 2.29. The third-order valence-electron chi connectivity index (χ3n) is 3.07. The van der Waals surface area contributed by atoms with Crippen molar-refractivity contribution >= 4 is 5.82 Å². The van der Waals surface area contributed by atoms with Gasteiger partial charge in [-0.1, -0.05) is 13.8 Å². The van der Waals surface area contributed by atoms with Gasteiger partial charge in [0, 0.05) is 18.4 Å². The molecule has 0 bridgehead atoms. The fourth-order valence-electron chi connectivity index (χ4n) is 2.20. The van der Waals surface area contributed by atoms with Crippen LogP contribution in [0, 0.1) is 12.8 Å². The highest BCUT2D eigenvalue weighted by Gasteiger charge is 2.28. The zero-order valence-electron chi connectivity index (χ0n) is 11.6. The first kappa shape index (κ1) is 14.9. The van der Waals surface area contributed by atoms with E-state index in [0.29, 0.717) is 18.3 Å². The molecule has 1 aromatic rings. The quantitative estimate of drug-likeness (QED) is 0.528. The van der Waals surface area contributed by atoms with Crippen molar-refractivity contribution in [2.24, 2.45) is 11.8 Å². The molecule has 0 saturated heterocycles. The van der Waals surface area contributed by atoms with E-state index in [1.165, 1.54) is 0 Å². The van der Waals surface area contributed by atoms with Crippen LogP contribution in [0.2, 0.25) is 0 Å². The lowest BCUT2D eigenvalue weighted by atomic mass is 9.91. The SMILES string of the molecule is CCOC(C(C)C)C(NN)c1c(C)ccnc1N. The molecule has 0 aliphatic heterocycles. The smallest absolute Gasteiger partial charge is 0.128 e. The molecule has 2 unspecified atom stereocenters. The summed E-state index contributed by atoms with van der Waals surface area (Å²) in [5, 5.41) is 0. The summed E-state index contributed by atoms with van der Waals surface area (Å²) in [7, 11) is 0. The van der Waals surface area contributed by atoms with Crippen LogP contribution in [0.1, 0.15) is 37.9 Å². The zero-order valence-corrected chi connectivity index (χ0v) is 11.6. The second-order valence-electron chi connectivity index (χ2n) is 4.74. The molecular formula is C13H24N4O. The largest absolute Gasteiger partial charge is 0.383 e. The lowest BCUT2D eigenvalue weighted by Crippen LogP contribution is -2.41. The average Bonchev–Trinajstić information content (AvgIpc) is 2.31. The molecule has 0 radical (unpaired) electrons. The highest BCUT2D eigenvalue weighted by atomic mass is 16.5. The number of nitrogens with zero attached hydrogens (tertiary/aromatic N) is 1. The Morgan fingerprint density at radius 1 is 1.44 bits per heavy atom. The van der Waals surface area contributed by atoms with Crippen LogP contribution in [-0.4, -0.2) is 17.7 Å². The Balaban J connectivity index is 3.14. The summed E-state index contributed by atoms with van der Waals surface area (Å²) < 4.78 is 5.80. The van der Waals surface area contributed by atoms with Crippen molar-refractivity contribution in [3.05, 3.63) is 23.4 Å². The van der Waals surface area contributed by atoms with E-state index in [2.05, 4.69) is 24.3 Å². The number of aryl methyl sites for hydroxylation is 1. The summed E-state index contributed by atoms with van der Waals surface area (Å²) in [6, 6.07) is 1.78. The summed E-state index contributed by atoms with van der Waals surface area (Å²) in [5.41, 5.74) is 10.8. The number of hydrogen-bond acceptors (Lipinski definition) is 5. The Hall–Kier alpha value is -1.17. The maximum atomic E-state index is 5.97. The summed E-state index contributed by atoms with van der Waals surface area (Å²) >= 11 is 0. The summed E-state index contributed by atoms with van der Waals surface area (Å²) in [5.74, 6) is 6.53. The molecule has 5 N–H and O–H groups in total. The number of anilines is 1. The van der Waals surface area contributed by atoms with Gasteiger partial charge in [0.05, 0.1) is 12.1 Å².